The van der Waals surface area contributed by atoms with Gasteiger partial charge in [0.2, 0.25) is 0 Å². The summed E-state index contributed by atoms with van der Waals surface area (Å²) in [6.45, 7) is 0.381. The van der Waals surface area contributed by atoms with Gasteiger partial charge in [0, 0.05) is 5.88 Å². The maximum Gasteiger partial charge on any atom is 0.148 e. The topological polar surface area (TPSA) is 29.5 Å². The van der Waals surface area contributed by atoms with E-state index in [9.17, 15) is 5.11 Å². The summed E-state index contributed by atoms with van der Waals surface area (Å²) in [6.07, 6.45) is 0. The van der Waals surface area contributed by atoms with Gasteiger partial charge in [0.1, 0.15) is 18.1 Å². The van der Waals surface area contributed by atoms with Crippen molar-refractivity contribution in [1.82, 2.24) is 0 Å². The zero-order chi connectivity index (χ0) is 13.8. The minimum Gasteiger partial charge on any atom is -0.508 e. The molecule has 0 aliphatic carbocycles. The molecular weight excluding hydrogens is 395 g/mol. The van der Waals surface area contributed by atoms with Crippen molar-refractivity contribution in [3.8, 4) is 11.5 Å². The van der Waals surface area contributed by atoms with E-state index in [1.54, 1.807) is 18.2 Å². The molecule has 0 aromatic heterocycles. The summed E-state index contributed by atoms with van der Waals surface area (Å²) in [5.41, 5.74) is 1.91. The van der Waals surface area contributed by atoms with Gasteiger partial charge in [-0.05, 0) is 67.3 Å². The molecule has 0 bridgehead atoms. The van der Waals surface area contributed by atoms with E-state index in [1.807, 2.05) is 18.2 Å². The maximum absolute atomic E-state index is 9.40. The van der Waals surface area contributed by atoms with Gasteiger partial charge >= 0.3 is 0 Å². The second-order valence-electron chi connectivity index (χ2n) is 3.98. The molecule has 2 rings (SSSR count). The van der Waals surface area contributed by atoms with Gasteiger partial charge < -0.3 is 9.84 Å². The van der Waals surface area contributed by atoms with E-state index < -0.39 is 0 Å². The quantitative estimate of drug-likeness (QED) is 0.704. The minimum absolute atomic E-state index is 0.233. The molecule has 0 saturated heterocycles. The summed E-state index contributed by atoms with van der Waals surface area (Å²) < 4.78 is 7.45. The molecule has 0 aliphatic rings. The Bertz CT molecular complexity index is 564. The zero-order valence-electron chi connectivity index (χ0n) is 9.87. The van der Waals surface area contributed by atoms with E-state index in [0.717, 1.165) is 25.8 Å². The first-order valence-electron chi connectivity index (χ1n) is 5.54. The van der Waals surface area contributed by atoms with Crippen LogP contribution in [0.15, 0.2) is 45.3 Å². The predicted molar refractivity (Wildman–Crippen MR) is 83.8 cm³/mol. The average molecular weight is 407 g/mol. The Labute approximate surface area is 133 Å². The summed E-state index contributed by atoms with van der Waals surface area (Å²) in [5, 5.41) is 9.40. The number of phenolic OH excluding ortho intramolecular Hbond substituents is 1. The van der Waals surface area contributed by atoms with Crippen molar-refractivity contribution in [3.05, 3.63) is 56.5 Å². The fourth-order valence-corrected chi connectivity index (χ4v) is 3.29. The van der Waals surface area contributed by atoms with E-state index in [0.29, 0.717) is 12.5 Å². The lowest BCUT2D eigenvalue weighted by molar-refractivity contribution is 0.301. The first-order valence-corrected chi connectivity index (χ1v) is 7.67. The lowest BCUT2D eigenvalue weighted by Crippen LogP contribution is -1.97. The molecule has 1 N–H and O–H groups in total. The van der Waals surface area contributed by atoms with Crippen molar-refractivity contribution >= 4 is 43.5 Å². The van der Waals surface area contributed by atoms with Gasteiger partial charge in [-0.25, -0.2) is 0 Å². The molecule has 0 heterocycles. The number of halogens is 3. The summed E-state index contributed by atoms with van der Waals surface area (Å²) >= 11 is 12.7. The lowest BCUT2D eigenvalue weighted by atomic mass is 10.2. The number of hydrogen-bond acceptors (Lipinski definition) is 2. The maximum atomic E-state index is 9.40. The number of aromatic hydroxyl groups is 1. The molecule has 0 unspecified atom stereocenters. The molecule has 0 saturated carbocycles. The second-order valence-corrected chi connectivity index (χ2v) is 5.96. The normalized spacial score (nSPS) is 10.5. The van der Waals surface area contributed by atoms with Crippen molar-refractivity contribution in [1.29, 1.82) is 0 Å². The first-order chi connectivity index (χ1) is 9.10. The number of ether oxygens (including phenoxy) is 1. The van der Waals surface area contributed by atoms with E-state index in [-0.39, 0.29) is 5.75 Å². The third-order valence-corrected chi connectivity index (χ3v) is 3.99. The molecule has 2 aromatic carbocycles. The summed E-state index contributed by atoms with van der Waals surface area (Å²) in [4.78, 5) is 0. The van der Waals surface area contributed by atoms with Crippen LogP contribution in [-0.2, 0) is 12.5 Å². The molecule has 0 radical (unpaired) electrons. The van der Waals surface area contributed by atoms with E-state index in [1.165, 1.54) is 0 Å². The SMILES string of the molecule is Oc1cccc(COc2c(Br)cc(CCl)cc2Br)c1. The van der Waals surface area contributed by atoms with Crippen LogP contribution in [0.1, 0.15) is 11.1 Å². The number of rotatable bonds is 4. The molecule has 100 valence electrons. The number of alkyl halides is 1. The first kappa shape index (κ1) is 14.7. The summed E-state index contributed by atoms with van der Waals surface area (Å²) in [7, 11) is 0. The van der Waals surface area contributed by atoms with Crippen molar-refractivity contribution in [2.75, 3.05) is 0 Å². The lowest BCUT2D eigenvalue weighted by Gasteiger charge is -2.12. The van der Waals surface area contributed by atoms with Crippen LogP contribution in [-0.4, -0.2) is 5.11 Å². The van der Waals surface area contributed by atoms with Crippen molar-refractivity contribution < 1.29 is 9.84 Å². The van der Waals surface area contributed by atoms with Crippen LogP contribution in [0.3, 0.4) is 0 Å². The third-order valence-electron chi connectivity index (χ3n) is 2.51. The predicted octanol–water partition coefficient (Wildman–Crippen LogP) is 5.24. The number of benzene rings is 2. The Kier molecular flexibility index (Phi) is 5.13. The smallest absolute Gasteiger partial charge is 0.148 e. The minimum atomic E-state index is 0.233. The van der Waals surface area contributed by atoms with E-state index in [2.05, 4.69) is 31.9 Å². The van der Waals surface area contributed by atoms with Gasteiger partial charge in [0.05, 0.1) is 8.95 Å². The molecule has 2 nitrogen and oxygen atoms in total. The highest BCUT2D eigenvalue weighted by Crippen LogP contribution is 2.35. The average Bonchev–Trinajstić information content (AvgIpc) is 2.37. The highest BCUT2D eigenvalue weighted by atomic mass is 79.9. The van der Waals surface area contributed by atoms with Gasteiger partial charge in [0.15, 0.2) is 0 Å². The molecule has 0 amide bonds. The van der Waals surface area contributed by atoms with Crippen LogP contribution in [0.2, 0.25) is 0 Å². The van der Waals surface area contributed by atoms with Gasteiger partial charge in [0.25, 0.3) is 0 Å². The Morgan fingerprint density at radius 3 is 2.32 bits per heavy atom. The van der Waals surface area contributed by atoms with E-state index in [4.69, 9.17) is 16.3 Å². The molecule has 0 spiro atoms. The largest absolute Gasteiger partial charge is 0.508 e. The number of hydrogen-bond donors (Lipinski definition) is 1. The molecular formula is C14H11Br2ClO2. The highest BCUT2D eigenvalue weighted by Gasteiger charge is 2.09. The van der Waals surface area contributed by atoms with Gasteiger partial charge in [-0.2, -0.15) is 0 Å². The zero-order valence-corrected chi connectivity index (χ0v) is 13.8. The van der Waals surface area contributed by atoms with Crippen LogP contribution in [0.5, 0.6) is 11.5 Å². The van der Waals surface area contributed by atoms with Gasteiger partial charge in [-0.1, -0.05) is 12.1 Å². The molecule has 2 aromatic rings. The Hall–Kier alpha value is -0.710. The van der Waals surface area contributed by atoms with Crippen LogP contribution in [0.4, 0.5) is 0 Å². The summed E-state index contributed by atoms with van der Waals surface area (Å²) in [5.74, 6) is 1.40. The standard InChI is InChI=1S/C14H11Br2ClO2/c15-12-5-10(7-17)6-13(16)14(12)19-8-9-2-1-3-11(18)4-9/h1-6,18H,7-8H2. The molecule has 5 heteroatoms. The monoisotopic (exact) mass is 404 g/mol. The Morgan fingerprint density at radius 2 is 1.74 bits per heavy atom. The van der Waals surface area contributed by atoms with E-state index >= 15 is 0 Å². The van der Waals surface area contributed by atoms with Crippen molar-refractivity contribution in [2.24, 2.45) is 0 Å². The third kappa shape index (κ3) is 3.88. The molecule has 19 heavy (non-hydrogen) atoms. The highest BCUT2D eigenvalue weighted by molar-refractivity contribution is 9.11. The van der Waals surface area contributed by atoms with Crippen LogP contribution >= 0.6 is 43.5 Å². The van der Waals surface area contributed by atoms with Crippen LogP contribution in [0, 0.1) is 0 Å². The fourth-order valence-electron chi connectivity index (χ4n) is 1.63. The van der Waals surface area contributed by atoms with Crippen LogP contribution < -0.4 is 4.74 Å². The summed E-state index contributed by atoms with van der Waals surface area (Å²) in [6, 6.07) is 10.8. The Balaban J connectivity index is 2.16. The molecule has 0 aliphatic heterocycles. The Morgan fingerprint density at radius 1 is 1.05 bits per heavy atom. The molecule has 0 fully saturated rings. The number of phenols is 1. The van der Waals surface area contributed by atoms with Gasteiger partial charge in [-0.15, -0.1) is 11.6 Å². The second kappa shape index (κ2) is 6.64. The van der Waals surface area contributed by atoms with Crippen LogP contribution in [0.25, 0.3) is 0 Å². The van der Waals surface area contributed by atoms with Crippen molar-refractivity contribution in [2.45, 2.75) is 12.5 Å². The fraction of sp³-hybridized carbons (Fsp3) is 0.143. The van der Waals surface area contributed by atoms with Crippen molar-refractivity contribution in [3.63, 3.8) is 0 Å². The molecule has 0 atom stereocenters. The van der Waals surface area contributed by atoms with Gasteiger partial charge in [-0.3, -0.25) is 0 Å².